The van der Waals surface area contributed by atoms with E-state index in [1.54, 1.807) is 0 Å². The second-order valence-electron chi connectivity index (χ2n) is 6.13. The van der Waals surface area contributed by atoms with E-state index in [0.717, 1.165) is 58.2 Å². The minimum atomic E-state index is 0. The first-order chi connectivity index (χ1) is 11.6. The fraction of sp³-hybridized carbons (Fsp3) is 0.737. The van der Waals surface area contributed by atoms with Crippen LogP contribution in [0.1, 0.15) is 33.6 Å². The smallest absolute Gasteiger partial charge is 0.191 e. The molecule has 6 heteroatoms. The summed E-state index contributed by atoms with van der Waals surface area (Å²) in [4.78, 5) is 6.69. The van der Waals surface area contributed by atoms with Crippen LogP contribution < -0.4 is 10.6 Å². The summed E-state index contributed by atoms with van der Waals surface area (Å²) < 4.78 is 5.35. The molecule has 0 aliphatic carbocycles. The van der Waals surface area contributed by atoms with E-state index in [4.69, 9.17) is 4.74 Å². The molecule has 0 aliphatic heterocycles. The van der Waals surface area contributed by atoms with Gasteiger partial charge in [-0.2, -0.15) is 0 Å². The number of nitrogens with zero attached hydrogens (tertiary/aromatic N) is 2. The predicted octanol–water partition coefficient (Wildman–Crippen LogP) is 3.28. The van der Waals surface area contributed by atoms with Crippen LogP contribution in [-0.2, 0) is 4.74 Å². The molecule has 0 saturated heterocycles. The SMILES string of the molecule is C=CCN(CC=C)C(CNC(=NC)NCCCCOCC)C(C)C.I. The Morgan fingerprint density at radius 1 is 1.16 bits per heavy atom. The van der Waals surface area contributed by atoms with Crippen LogP contribution in [0.4, 0.5) is 0 Å². The van der Waals surface area contributed by atoms with Crippen molar-refractivity contribution >= 4 is 29.9 Å². The Morgan fingerprint density at radius 3 is 2.28 bits per heavy atom. The van der Waals surface area contributed by atoms with Crippen LogP contribution in [0.3, 0.4) is 0 Å². The monoisotopic (exact) mass is 466 g/mol. The summed E-state index contributed by atoms with van der Waals surface area (Å²) in [5.74, 6) is 1.39. The lowest BCUT2D eigenvalue weighted by Gasteiger charge is -2.33. The summed E-state index contributed by atoms with van der Waals surface area (Å²) in [7, 11) is 1.81. The van der Waals surface area contributed by atoms with Crippen molar-refractivity contribution in [1.29, 1.82) is 0 Å². The van der Waals surface area contributed by atoms with Gasteiger partial charge in [0.2, 0.25) is 0 Å². The molecule has 0 heterocycles. The van der Waals surface area contributed by atoms with E-state index in [1.807, 2.05) is 26.1 Å². The highest BCUT2D eigenvalue weighted by Crippen LogP contribution is 2.10. The highest BCUT2D eigenvalue weighted by Gasteiger charge is 2.20. The Kier molecular flexibility index (Phi) is 19.4. The molecular weight excluding hydrogens is 427 g/mol. The van der Waals surface area contributed by atoms with Crippen molar-refractivity contribution in [3.05, 3.63) is 25.3 Å². The van der Waals surface area contributed by atoms with Gasteiger partial charge in [0.05, 0.1) is 0 Å². The number of nitrogens with one attached hydrogen (secondary N) is 2. The molecule has 0 bridgehead atoms. The van der Waals surface area contributed by atoms with Crippen LogP contribution in [0.2, 0.25) is 0 Å². The van der Waals surface area contributed by atoms with E-state index in [1.165, 1.54) is 0 Å². The van der Waals surface area contributed by atoms with Crippen LogP contribution in [0.15, 0.2) is 30.3 Å². The normalized spacial score (nSPS) is 12.6. The van der Waals surface area contributed by atoms with Crippen molar-refractivity contribution in [1.82, 2.24) is 15.5 Å². The van der Waals surface area contributed by atoms with Crippen molar-refractivity contribution in [2.75, 3.05) is 46.4 Å². The zero-order chi connectivity index (χ0) is 18.2. The van der Waals surface area contributed by atoms with Crippen molar-refractivity contribution < 1.29 is 4.74 Å². The third-order valence-corrected chi connectivity index (χ3v) is 3.88. The minimum absolute atomic E-state index is 0. The second-order valence-corrected chi connectivity index (χ2v) is 6.13. The van der Waals surface area contributed by atoms with E-state index >= 15 is 0 Å². The number of hydrogen-bond acceptors (Lipinski definition) is 3. The number of unbranched alkanes of at least 4 members (excludes halogenated alkanes) is 1. The molecule has 0 aliphatic rings. The molecule has 5 nitrogen and oxygen atoms in total. The van der Waals surface area contributed by atoms with Crippen molar-refractivity contribution in [3.8, 4) is 0 Å². The molecule has 0 fully saturated rings. The molecule has 148 valence electrons. The lowest BCUT2D eigenvalue weighted by Crippen LogP contribution is -2.49. The van der Waals surface area contributed by atoms with Gasteiger partial charge in [-0.3, -0.25) is 9.89 Å². The average Bonchev–Trinajstić information content (AvgIpc) is 2.56. The van der Waals surface area contributed by atoms with Crippen LogP contribution >= 0.6 is 24.0 Å². The third kappa shape index (κ3) is 13.3. The Labute approximate surface area is 172 Å². The van der Waals surface area contributed by atoms with E-state index in [0.29, 0.717) is 12.0 Å². The summed E-state index contributed by atoms with van der Waals surface area (Å²) in [6.07, 6.45) is 6.04. The van der Waals surface area contributed by atoms with Gasteiger partial charge in [-0.1, -0.05) is 26.0 Å². The maximum Gasteiger partial charge on any atom is 0.191 e. The summed E-state index contributed by atoms with van der Waals surface area (Å²) in [5.41, 5.74) is 0. The molecule has 25 heavy (non-hydrogen) atoms. The topological polar surface area (TPSA) is 48.9 Å². The number of halogens is 1. The number of rotatable bonds is 14. The minimum Gasteiger partial charge on any atom is -0.382 e. The first-order valence-electron chi connectivity index (χ1n) is 9.08. The van der Waals surface area contributed by atoms with Crippen molar-refractivity contribution in [3.63, 3.8) is 0 Å². The zero-order valence-electron chi connectivity index (χ0n) is 16.6. The van der Waals surface area contributed by atoms with Gasteiger partial charge >= 0.3 is 0 Å². The van der Waals surface area contributed by atoms with Gasteiger partial charge in [0.1, 0.15) is 0 Å². The van der Waals surface area contributed by atoms with Gasteiger partial charge in [0.15, 0.2) is 5.96 Å². The Bertz CT molecular complexity index is 351. The summed E-state index contributed by atoms with van der Waals surface area (Å²) in [6.45, 7) is 19.3. The van der Waals surface area contributed by atoms with Gasteiger partial charge in [-0.25, -0.2) is 0 Å². The first-order valence-corrected chi connectivity index (χ1v) is 9.08. The van der Waals surface area contributed by atoms with E-state index in [-0.39, 0.29) is 24.0 Å². The number of hydrogen-bond donors (Lipinski definition) is 2. The van der Waals surface area contributed by atoms with Gasteiger partial charge in [0.25, 0.3) is 0 Å². The molecule has 0 aromatic carbocycles. The standard InChI is InChI=1S/C19H38N4O.HI/c1-7-13-23(14-8-2)18(17(4)5)16-22-19(20-6)21-12-10-11-15-24-9-3;/h7-8,17-18H,1-2,9-16H2,3-6H3,(H2,20,21,22);1H. The predicted molar refractivity (Wildman–Crippen MR) is 121 cm³/mol. The largest absolute Gasteiger partial charge is 0.382 e. The number of aliphatic imine (C=N–C) groups is 1. The van der Waals surface area contributed by atoms with Gasteiger partial charge < -0.3 is 15.4 Å². The Morgan fingerprint density at radius 2 is 1.80 bits per heavy atom. The Hall–Kier alpha value is -0.600. The first kappa shape index (κ1) is 26.6. The maximum atomic E-state index is 5.35. The molecule has 0 rings (SSSR count). The van der Waals surface area contributed by atoms with Gasteiger partial charge in [-0.05, 0) is 25.7 Å². The van der Waals surface area contributed by atoms with Crippen LogP contribution in [0.25, 0.3) is 0 Å². The zero-order valence-corrected chi connectivity index (χ0v) is 18.9. The quantitative estimate of drug-likeness (QED) is 0.136. The van der Waals surface area contributed by atoms with Gasteiger partial charge in [-0.15, -0.1) is 37.1 Å². The molecule has 0 aromatic heterocycles. The van der Waals surface area contributed by atoms with E-state index in [2.05, 4.69) is 47.5 Å². The molecule has 1 unspecified atom stereocenters. The van der Waals surface area contributed by atoms with Crippen LogP contribution in [0, 0.1) is 5.92 Å². The fourth-order valence-corrected chi connectivity index (χ4v) is 2.57. The lowest BCUT2D eigenvalue weighted by atomic mass is 10.0. The molecule has 0 aromatic rings. The van der Waals surface area contributed by atoms with E-state index in [9.17, 15) is 0 Å². The van der Waals surface area contributed by atoms with E-state index < -0.39 is 0 Å². The molecule has 2 N–H and O–H groups in total. The molecule has 1 atom stereocenters. The van der Waals surface area contributed by atoms with Crippen molar-refractivity contribution in [2.24, 2.45) is 10.9 Å². The van der Waals surface area contributed by atoms with Crippen molar-refractivity contribution in [2.45, 2.75) is 39.7 Å². The Balaban J connectivity index is 0. The fourth-order valence-electron chi connectivity index (χ4n) is 2.57. The maximum absolute atomic E-state index is 5.35. The number of guanidine groups is 1. The third-order valence-electron chi connectivity index (χ3n) is 3.88. The van der Waals surface area contributed by atoms with Gasteiger partial charge in [0, 0.05) is 52.5 Å². The number of ether oxygens (including phenoxy) is 1. The summed E-state index contributed by atoms with van der Waals surface area (Å²) in [5, 5.41) is 6.82. The molecule has 0 saturated carbocycles. The highest BCUT2D eigenvalue weighted by molar-refractivity contribution is 14.0. The summed E-state index contributed by atoms with van der Waals surface area (Å²) >= 11 is 0. The van der Waals surface area contributed by atoms with Crippen LogP contribution in [-0.4, -0.2) is 63.3 Å². The molecule has 0 amide bonds. The summed E-state index contributed by atoms with van der Waals surface area (Å²) in [6, 6.07) is 0.400. The second kappa shape index (κ2) is 18.2. The average molecular weight is 466 g/mol. The molecule has 0 spiro atoms. The lowest BCUT2D eigenvalue weighted by molar-refractivity contribution is 0.143. The van der Waals surface area contributed by atoms with Crippen LogP contribution in [0.5, 0.6) is 0 Å². The molecule has 0 radical (unpaired) electrons. The highest BCUT2D eigenvalue weighted by atomic mass is 127. The molecular formula is C19H39IN4O.